The van der Waals surface area contributed by atoms with E-state index >= 15 is 0 Å². The van der Waals surface area contributed by atoms with Crippen molar-refractivity contribution in [3.8, 4) is 17.0 Å². The Morgan fingerprint density at radius 3 is 2.52 bits per heavy atom. The minimum absolute atomic E-state index is 0.250. The molecular weight excluding hydrogens is 294 g/mol. The number of methoxy groups -OCH3 is 1. The van der Waals surface area contributed by atoms with Crippen LogP contribution in [-0.2, 0) is 22.6 Å². The van der Waals surface area contributed by atoms with E-state index in [-0.39, 0.29) is 6.15 Å². The fraction of sp³-hybridized carbons (Fsp3) is 0.357. The summed E-state index contributed by atoms with van der Waals surface area (Å²) in [4.78, 5) is 20.4. The van der Waals surface area contributed by atoms with Crippen LogP contribution in [0.2, 0.25) is 5.15 Å². The van der Waals surface area contributed by atoms with Gasteiger partial charge in [0, 0.05) is 18.8 Å². The highest BCUT2D eigenvalue weighted by Crippen LogP contribution is 2.31. The molecule has 2 aromatic heterocycles. The molecule has 21 heavy (non-hydrogen) atoms. The van der Waals surface area contributed by atoms with E-state index in [1.807, 2.05) is 4.68 Å². The SMILES string of the molecule is CCc1cc(-c2cnc(Cl)cc2OC)n(CC)n1.O=C=O. The highest BCUT2D eigenvalue weighted by Gasteiger charge is 2.13. The Kier molecular flexibility index (Phi) is 6.59. The molecule has 7 heteroatoms. The third-order valence-electron chi connectivity index (χ3n) is 2.82. The first-order valence-electron chi connectivity index (χ1n) is 6.37. The summed E-state index contributed by atoms with van der Waals surface area (Å²) < 4.78 is 7.31. The third-order valence-corrected chi connectivity index (χ3v) is 3.03. The molecule has 0 aliphatic carbocycles. The molecule has 6 nitrogen and oxygen atoms in total. The summed E-state index contributed by atoms with van der Waals surface area (Å²) in [6, 6.07) is 3.78. The van der Waals surface area contributed by atoms with E-state index in [1.54, 1.807) is 19.4 Å². The van der Waals surface area contributed by atoms with Gasteiger partial charge in [0.25, 0.3) is 0 Å². The van der Waals surface area contributed by atoms with Crippen molar-refractivity contribution in [1.29, 1.82) is 0 Å². The molecule has 0 atom stereocenters. The minimum atomic E-state index is 0.250. The van der Waals surface area contributed by atoms with Gasteiger partial charge in [0.1, 0.15) is 10.9 Å². The predicted molar refractivity (Wildman–Crippen MR) is 77.1 cm³/mol. The molecule has 0 amide bonds. The smallest absolute Gasteiger partial charge is 0.373 e. The van der Waals surface area contributed by atoms with Crippen LogP contribution in [0, 0.1) is 0 Å². The van der Waals surface area contributed by atoms with Crippen molar-refractivity contribution in [3.63, 3.8) is 0 Å². The Hall–Kier alpha value is -2.17. The molecule has 0 spiro atoms. The molecule has 112 valence electrons. The first kappa shape index (κ1) is 16.9. The van der Waals surface area contributed by atoms with Crippen LogP contribution in [0.3, 0.4) is 0 Å². The van der Waals surface area contributed by atoms with Crippen LogP contribution in [0.4, 0.5) is 0 Å². The fourth-order valence-corrected chi connectivity index (χ4v) is 2.02. The van der Waals surface area contributed by atoms with Crippen molar-refractivity contribution in [1.82, 2.24) is 14.8 Å². The topological polar surface area (TPSA) is 74.1 Å². The van der Waals surface area contributed by atoms with Gasteiger partial charge in [0.2, 0.25) is 0 Å². The molecule has 0 aliphatic rings. The summed E-state index contributed by atoms with van der Waals surface area (Å²) in [6.07, 6.45) is 2.88. The molecule has 0 unspecified atom stereocenters. The Morgan fingerprint density at radius 1 is 1.33 bits per heavy atom. The molecule has 0 aliphatic heterocycles. The Bertz CT molecular complexity index is 634. The number of aryl methyl sites for hydroxylation is 2. The maximum absolute atomic E-state index is 8.12. The maximum atomic E-state index is 8.12. The van der Waals surface area contributed by atoms with Crippen molar-refractivity contribution in [2.45, 2.75) is 26.8 Å². The first-order chi connectivity index (χ1) is 10.1. The standard InChI is InChI=1S/C13H16ClN3O.CO2/c1-4-9-6-11(17(5-2)16-9)10-8-15-13(14)7-12(10)18-3;2-1-3/h6-8H,4-5H2,1-3H3;. The van der Waals surface area contributed by atoms with E-state index in [4.69, 9.17) is 25.9 Å². The van der Waals surface area contributed by atoms with Gasteiger partial charge in [-0.1, -0.05) is 18.5 Å². The minimum Gasteiger partial charge on any atom is -0.496 e. The van der Waals surface area contributed by atoms with Gasteiger partial charge in [-0.25, -0.2) is 4.98 Å². The lowest BCUT2D eigenvalue weighted by atomic mass is 10.1. The number of rotatable bonds is 4. The second-order valence-electron chi connectivity index (χ2n) is 3.98. The Balaban J connectivity index is 0.000000677. The lowest BCUT2D eigenvalue weighted by Crippen LogP contribution is -2.01. The lowest BCUT2D eigenvalue weighted by Gasteiger charge is -2.09. The number of carbonyl (C=O) groups excluding carboxylic acids is 2. The van der Waals surface area contributed by atoms with Gasteiger partial charge >= 0.3 is 6.15 Å². The van der Waals surface area contributed by atoms with E-state index in [0.717, 1.165) is 29.9 Å². The monoisotopic (exact) mass is 309 g/mol. The number of halogens is 1. The summed E-state index contributed by atoms with van der Waals surface area (Å²) in [5, 5.41) is 4.95. The maximum Gasteiger partial charge on any atom is 0.373 e. The van der Waals surface area contributed by atoms with Crippen LogP contribution in [0.15, 0.2) is 18.3 Å². The quantitative estimate of drug-likeness (QED) is 0.812. The van der Waals surface area contributed by atoms with Crippen molar-refractivity contribution in [3.05, 3.63) is 29.2 Å². The second kappa shape index (κ2) is 8.19. The molecule has 2 aromatic rings. The number of hydrogen-bond donors (Lipinski definition) is 0. The van der Waals surface area contributed by atoms with Crippen molar-refractivity contribution in [2.75, 3.05) is 7.11 Å². The molecule has 2 heterocycles. The van der Waals surface area contributed by atoms with Gasteiger partial charge in [0.15, 0.2) is 0 Å². The zero-order valence-electron chi connectivity index (χ0n) is 12.1. The summed E-state index contributed by atoms with van der Waals surface area (Å²) in [5.74, 6) is 0.715. The van der Waals surface area contributed by atoms with E-state index in [0.29, 0.717) is 10.9 Å². The van der Waals surface area contributed by atoms with E-state index < -0.39 is 0 Å². The summed E-state index contributed by atoms with van der Waals surface area (Å²) >= 11 is 5.88. The van der Waals surface area contributed by atoms with Crippen molar-refractivity contribution >= 4 is 17.8 Å². The van der Waals surface area contributed by atoms with Crippen LogP contribution in [0.25, 0.3) is 11.3 Å². The van der Waals surface area contributed by atoms with Gasteiger partial charge in [-0.05, 0) is 19.4 Å². The summed E-state index contributed by atoms with van der Waals surface area (Å²) in [6.45, 7) is 4.95. The zero-order valence-corrected chi connectivity index (χ0v) is 12.8. The predicted octanol–water partition coefficient (Wildman–Crippen LogP) is 2.61. The highest BCUT2D eigenvalue weighted by molar-refractivity contribution is 6.29. The molecule has 0 N–H and O–H groups in total. The van der Waals surface area contributed by atoms with Crippen molar-refractivity contribution < 1.29 is 14.3 Å². The lowest BCUT2D eigenvalue weighted by molar-refractivity contribution is -0.191. The molecule has 0 aromatic carbocycles. The number of aromatic nitrogens is 3. The molecule has 0 saturated heterocycles. The van der Waals surface area contributed by atoms with E-state index in [9.17, 15) is 0 Å². The molecule has 2 rings (SSSR count). The second-order valence-corrected chi connectivity index (χ2v) is 4.37. The average Bonchev–Trinajstić information content (AvgIpc) is 2.91. The van der Waals surface area contributed by atoms with Gasteiger partial charge in [-0.2, -0.15) is 14.7 Å². The average molecular weight is 310 g/mol. The van der Waals surface area contributed by atoms with Gasteiger partial charge in [-0.3, -0.25) is 4.68 Å². The normalized spacial score (nSPS) is 9.52. The van der Waals surface area contributed by atoms with Gasteiger partial charge < -0.3 is 4.74 Å². The third kappa shape index (κ3) is 4.15. The first-order valence-corrected chi connectivity index (χ1v) is 6.74. The zero-order chi connectivity index (χ0) is 15.8. The van der Waals surface area contributed by atoms with Crippen LogP contribution in [-0.4, -0.2) is 28.0 Å². The molecule has 0 radical (unpaired) electrons. The molecule has 0 fully saturated rings. The van der Waals surface area contributed by atoms with Gasteiger partial charge in [0.05, 0.1) is 24.1 Å². The highest BCUT2D eigenvalue weighted by atomic mass is 35.5. The van der Waals surface area contributed by atoms with Crippen LogP contribution in [0.5, 0.6) is 5.75 Å². The van der Waals surface area contributed by atoms with Crippen LogP contribution < -0.4 is 4.74 Å². The van der Waals surface area contributed by atoms with E-state index in [2.05, 4.69) is 30.0 Å². The number of ether oxygens (including phenoxy) is 1. The molecule has 0 saturated carbocycles. The number of nitrogens with zero attached hydrogens (tertiary/aromatic N) is 3. The van der Waals surface area contributed by atoms with Gasteiger partial charge in [-0.15, -0.1) is 0 Å². The summed E-state index contributed by atoms with van der Waals surface area (Å²) in [7, 11) is 1.63. The number of pyridine rings is 1. The molecular formula is C14H16ClN3O3. The van der Waals surface area contributed by atoms with Crippen molar-refractivity contribution in [2.24, 2.45) is 0 Å². The summed E-state index contributed by atoms with van der Waals surface area (Å²) in [5.41, 5.74) is 2.98. The van der Waals surface area contributed by atoms with E-state index in [1.165, 1.54) is 0 Å². The fourth-order valence-electron chi connectivity index (χ4n) is 1.88. The largest absolute Gasteiger partial charge is 0.496 e. The number of hydrogen-bond acceptors (Lipinski definition) is 5. The van der Waals surface area contributed by atoms with Crippen LogP contribution >= 0.6 is 11.6 Å². The van der Waals surface area contributed by atoms with Crippen LogP contribution in [0.1, 0.15) is 19.5 Å². The molecule has 0 bridgehead atoms. The Labute approximate surface area is 127 Å². The Morgan fingerprint density at radius 2 is 2.00 bits per heavy atom.